The number of anilines is 1. The summed E-state index contributed by atoms with van der Waals surface area (Å²) < 4.78 is 5.02. The van der Waals surface area contributed by atoms with Gasteiger partial charge in [-0.2, -0.15) is 0 Å². The third kappa shape index (κ3) is 6.21. The van der Waals surface area contributed by atoms with E-state index in [2.05, 4.69) is 36.1 Å². The molecule has 1 N–H and O–H groups in total. The molecule has 0 aliphatic carbocycles. The van der Waals surface area contributed by atoms with E-state index in [0.717, 1.165) is 44.1 Å². The predicted molar refractivity (Wildman–Crippen MR) is 80.0 cm³/mol. The van der Waals surface area contributed by atoms with E-state index in [-0.39, 0.29) is 5.41 Å². The summed E-state index contributed by atoms with van der Waals surface area (Å²) >= 11 is 6.03. The lowest BCUT2D eigenvalue weighted by Gasteiger charge is -2.17. The van der Waals surface area contributed by atoms with Crippen LogP contribution in [-0.2, 0) is 10.2 Å². The Bertz CT molecular complexity index is 391. The second-order valence-corrected chi connectivity index (χ2v) is 6.02. The van der Waals surface area contributed by atoms with Crippen LogP contribution in [0.3, 0.4) is 0 Å². The first-order valence-corrected chi connectivity index (χ1v) is 7.09. The van der Waals surface area contributed by atoms with Gasteiger partial charge in [-0.25, -0.2) is 9.97 Å². The van der Waals surface area contributed by atoms with Gasteiger partial charge in [-0.1, -0.05) is 32.4 Å². The number of unbranched alkanes of at least 4 members (excludes halogenated alkanes) is 2. The summed E-state index contributed by atoms with van der Waals surface area (Å²) in [4.78, 5) is 8.78. The summed E-state index contributed by atoms with van der Waals surface area (Å²) in [6.45, 7) is 7.95. The molecule has 19 heavy (non-hydrogen) atoms. The Morgan fingerprint density at radius 3 is 2.58 bits per heavy atom. The van der Waals surface area contributed by atoms with Crippen LogP contribution in [0.4, 0.5) is 5.82 Å². The Morgan fingerprint density at radius 1 is 1.21 bits per heavy atom. The SMILES string of the molecule is COCCCCCNc1cc(Cl)nc(C(C)(C)C)n1. The quantitative estimate of drug-likeness (QED) is 0.613. The van der Waals surface area contributed by atoms with Crippen LogP contribution in [-0.4, -0.2) is 30.2 Å². The lowest BCUT2D eigenvalue weighted by atomic mass is 9.96. The standard InChI is InChI=1S/C14H24ClN3O/c1-14(2,3)13-17-11(15)10-12(18-13)16-8-6-5-7-9-19-4/h10H,5-9H2,1-4H3,(H,16,17,18). The van der Waals surface area contributed by atoms with Gasteiger partial charge in [0.25, 0.3) is 0 Å². The third-order valence-electron chi connectivity index (χ3n) is 2.70. The van der Waals surface area contributed by atoms with E-state index in [1.165, 1.54) is 0 Å². The lowest BCUT2D eigenvalue weighted by Crippen LogP contribution is -2.17. The van der Waals surface area contributed by atoms with Crippen molar-refractivity contribution in [2.75, 3.05) is 25.6 Å². The Hall–Kier alpha value is -0.870. The molecule has 1 heterocycles. The summed E-state index contributed by atoms with van der Waals surface area (Å²) in [6.07, 6.45) is 3.33. The minimum absolute atomic E-state index is 0.0974. The highest BCUT2D eigenvalue weighted by atomic mass is 35.5. The fraction of sp³-hybridized carbons (Fsp3) is 0.714. The number of nitrogens with one attached hydrogen (secondary N) is 1. The van der Waals surface area contributed by atoms with Crippen LogP contribution >= 0.6 is 11.6 Å². The fourth-order valence-corrected chi connectivity index (χ4v) is 1.79. The summed E-state index contributed by atoms with van der Waals surface area (Å²) in [5, 5.41) is 3.79. The van der Waals surface area contributed by atoms with Crippen molar-refractivity contribution < 1.29 is 4.74 Å². The van der Waals surface area contributed by atoms with E-state index < -0.39 is 0 Å². The molecule has 1 aromatic heterocycles. The average molecular weight is 286 g/mol. The maximum absolute atomic E-state index is 6.03. The van der Waals surface area contributed by atoms with Crippen molar-refractivity contribution in [3.05, 3.63) is 17.0 Å². The highest BCUT2D eigenvalue weighted by Crippen LogP contribution is 2.22. The van der Waals surface area contributed by atoms with Crippen molar-refractivity contribution >= 4 is 17.4 Å². The molecular weight excluding hydrogens is 262 g/mol. The van der Waals surface area contributed by atoms with Crippen LogP contribution in [0.1, 0.15) is 45.9 Å². The van der Waals surface area contributed by atoms with Crippen LogP contribution in [0.5, 0.6) is 0 Å². The van der Waals surface area contributed by atoms with Gasteiger partial charge < -0.3 is 10.1 Å². The van der Waals surface area contributed by atoms with Gasteiger partial charge >= 0.3 is 0 Å². The molecule has 0 aromatic carbocycles. The zero-order valence-electron chi connectivity index (χ0n) is 12.3. The molecule has 0 atom stereocenters. The largest absolute Gasteiger partial charge is 0.385 e. The number of rotatable bonds is 7. The first-order valence-electron chi connectivity index (χ1n) is 6.71. The van der Waals surface area contributed by atoms with Crippen LogP contribution < -0.4 is 5.32 Å². The summed E-state index contributed by atoms with van der Waals surface area (Å²) in [6, 6.07) is 1.77. The summed E-state index contributed by atoms with van der Waals surface area (Å²) in [5.41, 5.74) is -0.0974. The molecule has 0 fully saturated rings. The minimum Gasteiger partial charge on any atom is -0.385 e. The highest BCUT2D eigenvalue weighted by Gasteiger charge is 2.18. The minimum atomic E-state index is -0.0974. The van der Waals surface area contributed by atoms with Crippen LogP contribution in [0.2, 0.25) is 5.15 Å². The number of halogens is 1. The van der Waals surface area contributed by atoms with Gasteiger partial charge in [0, 0.05) is 31.7 Å². The molecule has 0 spiro atoms. The van der Waals surface area contributed by atoms with Crippen molar-refractivity contribution in [3.8, 4) is 0 Å². The van der Waals surface area contributed by atoms with Crippen molar-refractivity contribution in [1.29, 1.82) is 0 Å². The molecule has 0 saturated carbocycles. The van der Waals surface area contributed by atoms with Gasteiger partial charge in [0.15, 0.2) is 0 Å². The molecule has 0 bridgehead atoms. The number of hydrogen-bond acceptors (Lipinski definition) is 4. The van der Waals surface area contributed by atoms with Gasteiger partial charge in [-0.3, -0.25) is 0 Å². The molecule has 0 saturated heterocycles. The van der Waals surface area contributed by atoms with Crippen molar-refractivity contribution in [2.24, 2.45) is 0 Å². The maximum atomic E-state index is 6.03. The molecule has 108 valence electrons. The number of methoxy groups -OCH3 is 1. The Morgan fingerprint density at radius 2 is 1.95 bits per heavy atom. The molecule has 0 amide bonds. The van der Waals surface area contributed by atoms with Crippen molar-refractivity contribution in [3.63, 3.8) is 0 Å². The smallest absolute Gasteiger partial charge is 0.137 e. The Balaban J connectivity index is 2.48. The molecule has 1 rings (SSSR count). The average Bonchev–Trinajstić information content (AvgIpc) is 2.32. The van der Waals surface area contributed by atoms with E-state index in [4.69, 9.17) is 16.3 Å². The normalized spacial score (nSPS) is 11.6. The molecule has 4 nitrogen and oxygen atoms in total. The van der Waals surface area contributed by atoms with E-state index in [1.807, 2.05) is 0 Å². The van der Waals surface area contributed by atoms with E-state index in [0.29, 0.717) is 5.15 Å². The number of nitrogens with zero attached hydrogens (tertiary/aromatic N) is 2. The van der Waals surface area contributed by atoms with Crippen molar-refractivity contribution in [2.45, 2.75) is 45.4 Å². The Labute approximate surface area is 120 Å². The van der Waals surface area contributed by atoms with Crippen LogP contribution in [0.15, 0.2) is 6.07 Å². The monoisotopic (exact) mass is 285 g/mol. The zero-order valence-corrected chi connectivity index (χ0v) is 13.0. The summed E-state index contributed by atoms with van der Waals surface area (Å²) in [5.74, 6) is 1.57. The highest BCUT2D eigenvalue weighted by molar-refractivity contribution is 6.29. The van der Waals surface area contributed by atoms with E-state index in [9.17, 15) is 0 Å². The lowest BCUT2D eigenvalue weighted by molar-refractivity contribution is 0.192. The molecule has 0 radical (unpaired) electrons. The fourth-order valence-electron chi connectivity index (χ4n) is 1.61. The van der Waals surface area contributed by atoms with Gasteiger partial charge in [0.05, 0.1) is 0 Å². The molecule has 1 aromatic rings. The number of hydrogen-bond donors (Lipinski definition) is 1. The molecule has 0 aliphatic heterocycles. The predicted octanol–water partition coefficient (Wildman–Crippen LogP) is 3.66. The first-order chi connectivity index (χ1) is 8.93. The first kappa shape index (κ1) is 16.2. The maximum Gasteiger partial charge on any atom is 0.137 e. The van der Waals surface area contributed by atoms with Gasteiger partial charge in [-0.05, 0) is 19.3 Å². The zero-order chi connectivity index (χ0) is 14.3. The topological polar surface area (TPSA) is 47.0 Å². The second-order valence-electron chi connectivity index (χ2n) is 5.63. The molecule has 0 unspecified atom stereocenters. The molecule has 0 aliphatic rings. The molecule has 5 heteroatoms. The summed E-state index contributed by atoms with van der Waals surface area (Å²) in [7, 11) is 1.73. The van der Waals surface area contributed by atoms with E-state index in [1.54, 1.807) is 13.2 Å². The Kier molecular flexibility index (Phi) is 6.52. The number of ether oxygens (including phenoxy) is 1. The molecular formula is C14H24ClN3O. The van der Waals surface area contributed by atoms with Crippen LogP contribution in [0, 0.1) is 0 Å². The second kappa shape index (κ2) is 7.65. The van der Waals surface area contributed by atoms with Gasteiger partial charge in [-0.15, -0.1) is 0 Å². The van der Waals surface area contributed by atoms with Crippen molar-refractivity contribution in [1.82, 2.24) is 9.97 Å². The van der Waals surface area contributed by atoms with Gasteiger partial charge in [0.2, 0.25) is 0 Å². The van der Waals surface area contributed by atoms with E-state index >= 15 is 0 Å². The third-order valence-corrected chi connectivity index (χ3v) is 2.89. The number of aromatic nitrogens is 2. The van der Waals surface area contributed by atoms with Crippen LogP contribution in [0.25, 0.3) is 0 Å². The van der Waals surface area contributed by atoms with Gasteiger partial charge in [0.1, 0.15) is 16.8 Å².